The Morgan fingerprint density at radius 2 is 0.893 bits per heavy atom. The van der Waals surface area contributed by atoms with Crippen molar-refractivity contribution < 1.29 is 86.1 Å². The van der Waals surface area contributed by atoms with Gasteiger partial charge in [-0.15, -0.1) is 0 Å². The number of carbonyl (C=O) groups is 1. The van der Waals surface area contributed by atoms with E-state index < -0.39 is 0 Å². The monoisotopic (exact) mass is 651 g/mol. The molecular weight excluding hydrogens is 609 g/mol. The molecule has 0 spiro atoms. The first-order chi connectivity index (χ1) is 13.2. The summed E-state index contributed by atoms with van der Waals surface area (Å²) in [6.45, 7) is 6.79. The summed E-state index contributed by atoms with van der Waals surface area (Å²) in [5.74, 6) is 0.132. The van der Waals surface area contributed by atoms with Crippen LogP contribution in [0, 0.1) is 85.6 Å². The first kappa shape index (κ1) is 32.4. The van der Waals surface area contributed by atoms with Crippen LogP contribution in [0.4, 0.5) is 0 Å². The molecule has 0 aromatic rings. The third-order valence-electron chi connectivity index (χ3n) is 6.05. The first-order valence-electron chi connectivity index (χ1n) is 12.0. The largest absolute Gasteiger partial charge is 0 e. The summed E-state index contributed by atoms with van der Waals surface area (Å²) < 4.78 is 5.46. The van der Waals surface area contributed by atoms with Gasteiger partial charge in [-0.05, 0) is 0 Å². The summed E-state index contributed by atoms with van der Waals surface area (Å²) in [5.41, 5.74) is -0.176. The van der Waals surface area contributed by atoms with Crippen LogP contribution in [0.15, 0.2) is 0 Å². The van der Waals surface area contributed by atoms with E-state index in [1.54, 1.807) is 0 Å². The molecular formula is C24H47Nd2O2. The molecule has 0 aliphatic carbocycles. The molecule has 0 saturated heterocycles. The second-order valence-corrected chi connectivity index (χ2v) is 9.17. The Kier molecular flexibility index (Phi) is 27.5. The van der Waals surface area contributed by atoms with Gasteiger partial charge in [0.2, 0.25) is 0 Å². The van der Waals surface area contributed by atoms with Gasteiger partial charge in [0, 0.05) is 40.8 Å². The number of hydrogen-bond donors (Lipinski definition) is 0. The fourth-order valence-corrected chi connectivity index (χ4v) is 4.86. The van der Waals surface area contributed by atoms with E-state index in [0.717, 1.165) is 19.3 Å². The standard InChI is InChI=1S/C24H48O2.2Nd/c1-4-7-10-13-15-18-21-24(23(25)26,20-17-12-9-6-3)22-19-16-14-11-8-5-2;;/h4-22H2,1-3H3,(H,25,26);;/q;;+1/p-1. The maximum atomic E-state index is 12.8. The molecule has 0 N–H and O–H groups in total. The van der Waals surface area contributed by atoms with Gasteiger partial charge in [0.15, 0.2) is 0 Å². The number of carbonyl (C=O) groups excluding carboxylic acids is 1. The van der Waals surface area contributed by atoms with Crippen molar-refractivity contribution in [2.45, 2.75) is 143 Å². The molecule has 0 aliphatic heterocycles. The Morgan fingerprint density at radius 3 is 1.21 bits per heavy atom. The van der Waals surface area contributed by atoms with Crippen LogP contribution in [0.3, 0.4) is 0 Å². The average Bonchev–Trinajstić information content (AvgIpc) is 2.69. The summed E-state index contributed by atoms with van der Waals surface area (Å²) in [7, 11) is 0. The van der Waals surface area contributed by atoms with Crippen LogP contribution >= 0.6 is 0 Å². The van der Waals surface area contributed by atoms with E-state index in [4.69, 9.17) is 1.06 Å². The van der Waals surface area contributed by atoms with Crippen molar-refractivity contribution in [3.05, 3.63) is 0 Å². The molecule has 0 aliphatic rings. The van der Waals surface area contributed by atoms with Gasteiger partial charge < -0.3 is 0 Å². The maximum absolute atomic E-state index is 12.8. The molecule has 2 nitrogen and oxygen atoms in total. The topological polar surface area (TPSA) is 26.3 Å². The number of unbranched alkanes of at least 4 members (excludes halogenated alkanes) is 13. The predicted octanol–water partition coefficient (Wildman–Crippen LogP) is 8.45. The van der Waals surface area contributed by atoms with Gasteiger partial charge in [-0.3, -0.25) is 0 Å². The van der Waals surface area contributed by atoms with Crippen LogP contribution in [-0.4, -0.2) is 5.97 Å². The Hall–Kier alpha value is 2.17. The Balaban J connectivity index is 0. The van der Waals surface area contributed by atoms with Crippen molar-refractivity contribution in [2.24, 2.45) is 5.41 Å². The molecule has 0 amide bonds. The van der Waals surface area contributed by atoms with E-state index in [2.05, 4.69) is 20.8 Å². The minimum Gasteiger partial charge on any atom is 0 e. The fourth-order valence-electron chi connectivity index (χ4n) is 4.17. The van der Waals surface area contributed by atoms with Gasteiger partial charge in [-0.25, -0.2) is 0 Å². The molecule has 28 heavy (non-hydrogen) atoms. The number of hydrogen-bond acceptors (Lipinski definition) is 2. The quantitative estimate of drug-likeness (QED) is 0.123. The Bertz CT molecular complexity index is 319. The van der Waals surface area contributed by atoms with Crippen LogP contribution < -0.4 is 0 Å². The fraction of sp³-hybridized carbons (Fsp3) is 0.958. The summed E-state index contributed by atoms with van der Waals surface area (Å²) in [4.78, 5) is 12.8. The number of rotatable bonds is 20. The molecule has 0 heterocycles. The van der Waals surface area contributed by atoms with E-state index in [0.29, 0.717) is 39.4 Å². The normalized spacial score (nSPS) is 11.2. The smallest absolute Gasteiger partial charge is 0 e. The summed E-state index contributed by atoms with van der Waals surface area (Å²) in [6, 6.07) is 0. The molecule has 0 saturated carbocycles. The molecule has 4 heteroatoms. The van der Waals surface area contributed by atoms with Gasteiger partial charge in [-0.1, -0.05) is 0 Å². The SMILES string of the molecule is CCCCCCCCC(CCCCCC)(CCCCCCCC)C(=O)[O][Nd].[Nd]. The third-order valence-corrected chi connectivity index (χ3v) is 6.65. The zero-order chi connectivity index (χ0) is 20.2. The maximum Gasteiger partial charge on any atom is 0 e. The zero-order valence-electron chi connectivity index (χ0n) is 19.3. The Labute approximate surface area is 237 Å². The summed E-state index contributed by atoms with van der Waals surface area (Å²) in [6.07, 6.45) is 23.8. The van der Waals surface area contributed by atoms with Gasteiger partial charge in [-0.2, -0.15) is 0 Å². The first-order valence-corrected chi connectivity index (χ1v) is 13.4. The molecule has 163 valence electrons. The van der Waals surface area contributed by atoms with E-state index in [1.807, 2.05) is 0 Å². The zero-order valence-corrected chi connectivity index (χ0v) is 25.7. The average molecular weight is 656 g/mol. The van der Waals surface area contributed by atoms with E-state index >= 15 is 0 Å². The van der Waals surface area contributed by atoms with Crippen molar-refractivity contribution in [2.75, 3.05) is 0 Å². The van der Waals surface area contributed by atoms with Gasteiger partial charge >= 0.3 is 199 Å². The third kappa shape index (κ3) is 16.8. The van der Waals surface area contributed by atoms with Crippen LogP contribution in [0.5, 0.6) is 0 Å². The molecule has 0 aromatic carbocycles. The summed E-state index contributed by atoms with van der Waals surface area (Å²) in [5, 5.41) is 0. The molecule has 0 rings (SSSR count). The van der Waals surface area contributed by atoms with E-state index in [1.165, 1.54) is 103 Å². The molecule has 0 aromatic heterocycles. The van der Waals surface area contributed by atoms with Crippen LogP contribution in [0.2, 0.25) is 0 Å². The van der Waals surface area contributed by atoms with Crippen LogP contribution in [0.25, 0.3) is 0 Å². The minimum atomic E-state index is -0.176. The molecule has 0 radical (unpaired) electrons. The molecule has 0 atom stereocenters. The van der Waals surface area contributed by atoms with E-state index in [9.17, 15) is 4.79 Å². The molecule has 0 fully saturated rings. The minimum absolute atomic E-state index is 0. The van der Waals surface area contributed by atoms with Crippen molar-refractivity contribution in [3.8, 4) is 0 Å². The van der Waals surface area contributed by atoms with Crippen molar-refractivity contribution in [3.63, 3.8) is 0 Å². The van der Waals surface area contributed by atoms with E-state index in [-0.39, 0.29) is 52.2 Å². The van der Waals surface area contributed by atoms with Gasteiger partial charge in [0.25, 0.3) is 0 Å². The van der Waals surface area contributed by atoms with Gasteiger partial charge in [0.1, 0.15) is 0 Å². The molecule has 0 unspecified atom stereocenters. The predicted molar refractivity (Wildman–Crippen MR) is 113 cm³/mol. The van der Waals surface area contributed by atoms with Crippen molar-refractivity contribution in [1.29, 1.82) is 0 Å². The van der Waals surface area contributed by atoms with Gasteiger partial charge in [0.05, 0.1) is 0 Å². The summed E-state index contributed by atoms with van der Waals surface area (Å²) >= 11 is 0.536. The molecule has 0 bridgehead atoms. The Morgan fingerprint density at radius 1 is 0.607 bits per heavy atom. The second kappa shape index (κ2) is 23.8. The van der Waals surface area contributed by atoms with Crippen LogP contribution in [-0.2, 0) is 5.86 Å². The van der Waals surface area contributed by atoms with Crippen LogP contribution in [0.1, 0.15) is 143 Å². The second-order valence-electron chi connectivity index (χ2n) is 8.52. The van der Waals surface area contributed by atoms with Crippen molar-refractivity contribution >= 4 is 5.97 Å². The van der Waals surface area contributed by atoms with Crippen molar-refractivity contribution in [1.82, 2.24) is 0 Å².